The van der Waals surface area contributed by atoms with E-state index in [4.69, 9.17) is 19.9 Å². The van der Waals surface area contributed by atoms with E-state index in [0.29, 0.717) is 0 Å². The van der Waals surface area contributed by atoms with Gasteiger partial charge in [-0.05, 0) is 74.6 Å². The minimum atomic E-state index is 0.914. The summed E-state index contributed by atoms with van der Waals surface area (Å²) >= 11 is 0. The van der Waals surface area contributed by atoms with Crippen LogP contribution in [0.25, 0.3) is 88.6 Å². The molecule has 4 heteroatoms. The quantitative estimate of drug-likeness (QED) is 0.146. The lowest BCUT2D eigenvalue weighted by Gasteiger charge is -2.13. The molecule has 2 aliphatic carbocycles. The number of fused-ring (bicyclic) bond motifs is 8. The molecule has 4 nitrogen and oxygen atoms in total. The Balaban J connectivity index is 0.000000653. The second-order valence-corrected chi connectivity index (χ2v) is 11.7. The average Bonchev–Trinajstić information content (AvgIpc) is 3.73. The highest BCUT2D eigenvalue weighted by atomic mass is 14.9. The van der Waals surface area contributed by atoms with E-state index in [1.54, 1.807) is 0 Å². The molecule has 5 aromatic carbocycles. The lowest BCUT2D eigenvalue weighted by molar-refractivity contribution is 1.24. The first kappa shape index (κ1) is 45.5. The number of benzene rings is 5. The van der Waals surface area contributed by atoms with Crippen molar-refractivity contribution in [3.8, 4) is 45.0 Å². The minimum absolute atomic E-state index is 0.914. The Hall–Kier alpha value is -4.70. The molecule has 0 bridgehead atoms. The third-order valence-electron chi connectivity index (χ3n) is 9.39. The van der Waals surface area contributed by atoms with Crippen LogP contribution < -0.4 is 0 Å². The van der Waals surface area contributed by atoms with Gasteiger partial charge in [0, 0.05) is 44.2 Å². The number of hydrogen-bond acceptors (Lipinski definition) is 4. The van der Waals surface area contributed by atoms with Gasteiger partial charge in [0.25, 0.3) is 0 Å². The average molecular weight is 725 g/mol. The van der Waals surface area contributed by atoms with Crippen molar-refractivity contribution >= 4 is 43.6 Å². The molecule has 0 N–H and O–H groups in total. The zero-order chi connectivity index (χ0) is 41.2. The Labute approximate surface area is 327 Å². The highest BCUT2D eigenvalue weighted by Crippen LogP contribution is 2.50. The van der Waals surface area contributed by atoms with Crippen LogP contribution in [0, 0.1) is 41.5 Å². The summed E-state index contributed by atoms with van der Waals surface area (Å²) in [5.74, 6) is 0. The smallest absolute Gasteiger partial charge is 0.0979 e. The van der Waals surface area contributed by atoms with Gasteiger partial charge in [0.2, 0.25) is 0 Å². The maximum atomic E-state index is 5.33. The molecular formula is C50H68N4. The molecule has 0 saturated heterocycles. The van der Waals surface area contributed by atoms with Crippen LogP contribution in [-0.2, 0) is 0 Å². The normalized spacial score (nSPS) is 10.2. The summed E-state index contributed by atoms with van der Waals surface area (Å²) < 4.78 is 0. The molecule has 0 saturated carbocycles. The summed E-state index contributed by atoms with van der Waals surface area (Å²) in [5.41, 5.74) is 19.5. The van der Waals surface area contributed by atoms with Crippen LogP contribution in [0.2, 0.25) is 0 Å². The van der Waals surface area contributed by atoms with Gasteiger partial charge in [0.15, 0.2) is 0 Å². The fraction of sp³-hybridized carbons (Fsp3) is 0.400. The van der Waals surface area contributed by atoms with Crippen LogP contribution in [-0.4, -0.2) is 19.9 Å². The van der Waals surface area contributed by atoms with Gasteiger partial charge in [0.05, 0.1) is 44.8 Å². The summed E-state index contributed by atoms with van der Waals surface area (Å²) in [6.45, 7) is 41.0. The summed E-state index contributed by atoms with van der Waals surface area (Å²) in [7, 11) is 0. The summed E-state index contributed by atoms with van der Waals surface area (Å²) in [6.07, 6.45) is 0. The van der Waals surface area contributed by atoms with E-state index >= 15 is 0 Å². The first-order valence-electron chi connectivity index (χ1n) is 20.9. The van der Waals surface area contributed by atoms with E-state index in [0.717, 1.165) is 56.0 Å². The predicted octanol–water partition coefficient (Wildman–Crippen LogP) is 16.2. The van der Waals surface area contributed by atoms with E-state index in [-0.39, 0.29) is 0 Å². The van der Waals surface area contributed by atoms with Gasteiger partial charge >= 0.3 is 0 Å². The van der Waals surface area contributed by atoms with Crippen LogP contribution in [0.1, 0.15) is 130 Å². The van der Waals surface area contributed by atoms with Gasteiger partial charge in [0.1, 0.15) is 0 Å². The number of aryl methyl sites for hydroxylation is 6. The number of aromatic nitrogens is 4. The van der Waals surface area contributed by atoms with E-state index < -0.39 is 0 Å². The number of hydrogen-bond donors (Lipinski definition) is 0. The zero-order valence-electron chi connectivity index (χ0n) is 37.4. The van der Waals surface area contributed by atoms with Gasteiger partial charge in [-0.15, -0.1) is 0 Å². The molecule has 288 valence electrons. The Morgan fingerprint density at radius 3 is 0.630 bits per heavy atom. The largest absolute Gasteiger partial charge is 0.243 e. The highest BCUT2D eigenvalue weighted by Gasteiger charge is 2.30. The lowest BCUT2D eigenvalue weighted by Crippen LogP contribution is -2.01. The van der Waals surface area contributed by atoms with Crippen LogP contribution >= 0.6 is 0 Å². The first-order chi connectivity index (χ1) is 26.3. The van der Waals surface area contributed by atoms with Crippen molar-refractivity contribution in [3.05, 3.63) is 81.9 Å². The van der Waals surface area contributed by atoms with Gasteiger partial charge in [-0.3, -0.25) is 0 Å². The van der Waals surface area contributed by atoms with Crippen molar-refractivity contribution in [1.82, 2.24) is 19.9 Å². The second-order valence-electron chi connectivity index (χ2n) is 11.7. The minimum Gasteiger partial charge on any atom is -0.243 e. The van der Waals surface area contributed by atoms with E-state index in [1.165, 1.54) is 66.1 Å². The zero-order valence-corrected chi connectivity index (χ0v) is 37.4. The molecule has 7 aromatic rings. The molecule has 0 radical (unpaired) electrons. The predicted molar refractivity (Wildman–Crippen MR) is 244 cm³/mol. The van der Waals surface area contributed by atoms with Crippen LogP contribution in [0.4, 0.5) is 0 Å². The van der Waals surface area contributed by atoms with Gasteiger partial charge in [-0.2, -0.15) is 0 Å². The topological polar surface area (TPSA) is 51.6 Å². The van der Waals surface area contributed by atoms with Gasteiger partial charge < -0.3 is 0 Å². The standard InChI is InChI=1S/C36H26N4.7C2H6/c1-15-7-11-21-27-22(12-8-16(2)25(15)27)34-33(21)37-29-19(5)31-32(20(6)30(29)38-34)40-36-24-14-10-18(4)26-17(3)9-13-23(28(24)26)35(36)39-31;7*1-2/h7-14H,1-6H3;7*1-2H3. The van der Waals surface area contributed by atoms with Crippen LogP contribution in [0.15, 0.2) is 48.5 Å². The number of nitrogens with zero attached hydrogens (tertiary/aromatic N) is 4. The molecule has 2 heterocycles. The number of rotatable bonds is 0. The third kappa shape index (κ3) is 7.12. The summed E-state index contributed by atoms with van der Waals surface area (Å²) in [4.78, 5) is 21.3. The summed E-state index contributed by atoms with van der Waals surface area (Å²) in [5, 5.41) is 5.18. The Morgan fingerprint density at radius 1 is 0.259 bits per heavy atom. The van der Waals surface area contributed by atoms with Crippen LogP contribution in [0.5, 0.6) is 0 Å². The molecule has 0 fully saturated rings. The van der Waals surface area contributed by atoms with E-state index in [9.17, 15) is 0 Å². The molecule has 2 aliphatic rings. The fourth-order valence-corrected chi connectivity index (χ4v) is 7.42. The van der Waals surface area contributed by atoms with Gasteiger partial charge in [-0.1, -0.05) is 145 Å². The maximum Gasteiger partial charge on any atom is 0.0979 e. The Morgan fingerprint density at radius 2 is 0.444 bits per heavy atom. The van der Waals surface area contributed by atoms with Gasteiger partial charge in [-0.25, -0.2) is 19.9 Å². The van der Waals surface area contributed by atoms with Crippen molar-refractivity contribution < 1.29 is 0 Å². The molecule has 0 amide bonds. The molecular weight excluding hydrogens is 657 g/mol. The SMILES string of the molecule is CC.CC.CC.CC.CC.CC.CC.Cc1c2nc3c(nc2c(C)c2nc4c(nc12)-c1ccc(C)c2c(C)ccc-4c12)-c1ccc(C)c2c(C)ccc-3c12. The van der Waals surface area contributed by atoms with Crippen molar-refractivity contribution in [2.75, 3.05) is 0 Å². The van der Waals surface area contributed by atoms with Crippen molar-refractivity contribution in [3.63, 3.8) is 0 Å². The molecule has 9 rings (SSSR count). The molecule has 0 aliphatic heterocycles. The third-order valence-corrected chi connectivity index (χ3v) is 9.39. The van der Waals surface area contributed by atoms with Crippen molar-refractivity contribution in [1.29, 1.82) is 0 Å². The fourth-order valence-electron chi connectivity index (χ4n) is 7.42. The maximum absolute atomic E-state index is 5.33. The Bertz CT molecular complexity index is 2060. The highest BCUT2D eigenvalue weighted by molar-refractivity contribution is 6.18. The first-order valence-corrected chi connectivity index (χ1v) is 20.9. The molecule has 0 unspecified atom stereocenters. The molecule has 54 heavy (non-hydrogen) atoms. The molecule has 0 atom stereocenters. The second kappa shape index (κ2) is 20.1. The summed E-state index contributed by atoms with van der Waals surface area (Å²) in [6, 6.07) is 17.7. The Kier molecular flexibility index (Phi) is 16.9. The van der Waals surface area contributed by atoms with Crippen LogP contribution in [0.3, 0.4) is 0 Å². The molecule has 2 aromatic heterocycles. The van der Waals surface area contributed by atoms with Crippen molar-refractivity contribution in [2.24, 2.45) is 0 Å². The van der Waals surface area contributed by atoms with E-state index in [2.05, 4.69) is 90.1 Å². The van der Waals surface area contributed by atoms with E-state index in [1.807, 2.05) is 96.9 Å². The monoisotopic (exact) mass is 725 g/mol. The van der Waals surface area contributed by atoms with Crippen molar-refractivity contribution in [2.45, 2.75) is 138 Å². The molecule has 0 spiro atoms. The lowest BCUT2D eigenvalue weighted by atomic mass is 9.96.